The highest BCUT2D eigenvalue weighted by atomic mass is 31.2. The third-order valence-electron chi connectivity index (χ3n) is 21.0. The summed E-state index contributed by atoms with van der Waals surface area (Å²) >= 11 is 0. The fourth-order valence-electron chi connectivity index (χ4n) is 17.8. The van der Waals surface area contributed by atoms with Crippen LogP contribution in [0.2, 0.25) is 0 Å². The number of nitrogens with two attached hydrogens (primary N) is 1. The van der Waals surface area contributed by atoms with Crippen LogP contribution in [-0.4, -0.2) is 12.2 Å². The summed E-state index contributed by atoms with van der Waals surface area (Å²) in [5.41, 5.74) is 12.1. The number of hydrogen-bond acceptors (Lipinski definition) is 3. The van der Waals surface area contributed by atoms with Gasteiger partial charge in [0.05, 0.1) is 12.2 Å². The van der Waals surface area contributed by atoms with Gasteiger partial charge in [-0.05, 0) is 195 Å². The highest BCUT2D eigenvalue weighted by Gasteiger charge is 2.61. The number of fused-ring (bicyclic) bond motifs is 10. The van der Waals surface area contributed by atoms with Crippen molar-refractivity contribution < 1.29 is 9.05 Å². The fourth-order valence-corrected chi connectivity index (χ4v) is 18.8. The first-order valence-corrected chi connectivity index (χ1v) is 27.1. The highest BCUT2D eigenvalue weighted by Crippen LogP contribution is 2.69. The molecule has 8 aliphatic carbocycles. The quantitative estimate of drug-likeness (QED) is 0.140. The van der Waals surface area contributed by atoms with Gasteiger partial charge in [0, 0.05) is 0 Å². The van der Waals surface area contributed by atoms with Crippen molar-refractivity contribution in [2.45, 2.75) is 223 Å². The Balaban J connectivity index is 0.836. The first kappa shape index (κ1) is 44.4. The third-order valence-corrected chi connectivity index (χ3v) is 22.0. The standard InChI is InChI=1S/C54H92NO2P/c1-35(2)13-11-15-37(5)45-21-23-47-43-19-17-39-33-41(25-29-51(39,7)49(43)27-31-53(45,47)9)56-58(55)57-42-26-30-52(8)40(34-42)18-20-44-48-24-22-46(38(6)16-12-14-36(3)4)54(48,10)32-28-50(44)52/h17-18,35-38,41-50H,11-16,19-34,55H2,1-10H3/t37-,38-,41+,42+,43+,44+,45-,46-,47+,48+,49+,50+,51+,52+,53-,54-/m1/s1. The molecule has 8 rings (SSSR count). The van der Waals surface area contributed by atoms with Crippen LogP contribution in [0.15, 0.2) is 23.3 Å². The zero-order valence-electron chi connectivity index (χ0n) is 39.6. The van der Waals surface area contributed by atoms with Crippen molar-refractivity contribution in [3.63, 3.8) is 0 Å². The Labute approximate surface area is 360 Å². The van der Waals surface area contributed by atoms with Gasteiger partial charge in [0.15, 0.2) is 0 Å². The molecule has 330 valence electrons. The van der Waals surface area contributed by atoms with Crippen molar-refractivity contribution in [1.82, 2.24) is 0 Å². The van der Waals surface area contributed by atoms with E-state index >= 15 is 0 Å². The minimum Gasteiger partial charge on any atom is -0.319 e. The Morgan fingerprint density at radius 3 is 1.36 bits per heavy atom. The van der Waals surface area contributed by atoms with E-state index < -0.39 is 8.53 Å². The molecule has 0 aliphatic heterocycles. The molecule has 6 fully saturated rings. The van der Waals surface area contributed by atoms with Crippen molar-refractivity contribution in [3.05, 3.63) is 23.3 Å². The van der Waals surface area contributed by atoms with E-state index in [9.17, 15) is 0 Å². The van der Waals surface area contributed by atoms with Crippen molar-refractivity contribution in [3.8, 4) is 0 Å². The molecule has 0 amide bonds. The first-order valence-electron chi connectivity index (χ1n) is 25.8. The van der Waals surface area contributed by atoms with Crippen molar-refractivity contribution in [1.29, 1.82) is 0 Å². The normalized spacial score (nSPS) is 46.2. The molecule has 3 nitrogen and oxygen atoms in total. The van der Waals surface area contributed by atoms with Crippen LogP contribution in [0.4, 0.5) is 0 Å². The summed E-state index contributed by atoms with van der Waals surface area (Å²) in [5, 5.41) is 0. The first-order chi connectivity index (χ1) is 27.6. The van der Waals surface area contributed by atoms with E-state index in [4.69, 9.17) is 14.6 Å². The van der Waals surface area contributed by atoms with Crippen LogP contribution in [0.1, 0.15) is 210 Å². The number of rotatable bonds is 14. The van der Waals surface area contributed by atoms with Crippen molar-refractivity contribution in [2.24, 2.45) is 98.2 Å². The summed E-state index contributed by atoms with van der Waals surface area (Å²) in [5.74, 6) is 10.6. The van der Waals surface area contributed by atoms with Crippen LogP contribution in [0, 0.1) is 92.7 Å². The van der Waals surface area contributed by atoms with E-state index in [0.29, 0.717) is 21.7 Å². The fraction of sp³-hybridized carbons (Fsp3) is 0.926. The zero-order chi connectivity index (χ0) is 41.2. The Hall–Kier alpha value is -0.210. The monoisotopic (exact) mass is 818 g/mol. The van der Waals surface area contributed by atoms with Crippen LogP contribution < -0.4 is 5.50 Å². The van der Waals surface area contributed by atoms with E-state index in [-0.39, 0.29) is 12.2 Å². The molecule has 0 aromatic carbocycles. The summed E-state index contributed by atoms with van der Waals surface area (Å²) in [6.45, 7) is 25.6. The number of allylic oxidation sites excluding steroid dienone is 2. The molecule has 4 heteroatoms. The van der Waals surface area contributed by atoms with Crippen LogP contribution in [0.25, 0.3) is 0 Å². The summed E-state index contributed by atoms with van der Waals surface area (Å²) in [6.07, 6.45) is 35.7. The van der Waals surface area contributed by atoms with Crippen LogP contribution in [0.5, 0.6) is 0 Å². The number of hydrogen-bond donors (Lipinski definition) is 1. The van der Waals surface area contributed by atoms with Crippen molar-refractivity contribution in [2.75, 3.05) is 0 Å². The smallest absolute Gasteiger partial charge is 0.253 e. The second-order valence-electron chi connectivity index (χ2n) is 24.8. The highest BCUT2D eigenvalue weighted by molar-refractivity contribution is 7.44. The molecule has 2 N–H and O–H groups in total. The predicted octanol–water partition coefficient (Wildman–Crippen LogP) is 16.0. The van der Waals surface area contributed by atoms with Gasteiger partial charge in [0.25, 0.3) is 8.53 Å². The van der Waals surface area contributed by atoms with E-state index in [1.165, 1.54) is 116 Å². The van der Waals surface area contributed by atoms with E-state index in [1.807, 2.05) is 0 Å². The maximum absolute atomic E-state index is 6.84. The Kier molecular flexibility index (Phi) is 13.3. The molecule has 16 atom stereocenters. The second-order valence-corrected chi connectivity index (χ2v) is 25.8. The van der Waals surface area contributed by atoms with Gasteiger partial charge in [-0.15, -0.1) is 0 Å². The van der Waals surface area contributed by atoms with Crippen molar-refractivity contribution >= 4 is 8.53 Å². The maximum Gasteiger partial charge on any atom is 0.253 e. The summed E-state index contributed by atoms with van der Waals surface area (Å²) < 4.78 is 13.5. The molecule has 6 saturated carbocycles. The van der Waals surface area contributed by atoms with Gasteiger partial charge in [0.2, 0.25) is 0 Å². The summed E-state index contributed by atoms with van der Waals surface area (Å²) in [7, 11) is -1.36. The van der Waals surface area contributed by atoms with Crippen LogP contribution in [0.3, 0.4) is 0 Å². The van der Waals surface area contributed by atoms with Crippen LogP contribution in [-0.2, 0) is 9.05 Å². The summed E-state index contributed by atoms with van der Waals surface area (Å²) in [4.78, 5) is 0. The molecule has 58 heavy (non-hydrogen) atoms. The van der Waals surface area contributed by atoms with E-state index in [1.54, 1.807) is 11.1 Å². The third kappa shape index (κ3) is 8.10. The Bertz CT molecular complexity index is 1380. The van der Waals surface area contributed by atoms with Gasteiger partial charge in [0.1, 0.15) is 0 Å². The predicted molar refractivity (Wildman–Crippen MR) is 247 cm³/mol. The average Bonchev–Trinajstić information content (AvgIpc) is 3.71. The van der Waals surface area contributed by atoms with Gasteiger partial charge in [-0.3, -0.25) is 5.50 Å². The average molecular weight is 818 g/mol. The van der Waals surface area contributed by atoms with Gasteiger partial charge in [-0.25, -0.2) is 0 Å². The summed E-state index contributed by atoms with van der Waals surface area (Å²) in [6, 6.07) is 0. The van der Waals surface area contributed by atoms with Gasteiger partial charge < -0.3 is 9.05 Å². The van der Waals surface area contributed by atoms with Gasteiger partial charge >= 0.3 is 0 Å². The second kappa shape index (κ2) is 17.4. The molecule has 0 spiro atoms. The maximum atomic E-state index is 6.84. The molecule has 0 bridgehead atoms. The largest absolute Gasteiger partial charge is 0.319 e. The molecule has 0 radical (unpaired) electrons. The van der Waals surface area contributed by atoms with E-state index in [2.05, 4.69) is 81.4 Å². The minimum absolute atomic E-state index is 0.219. The topological polar surface area (TPSA) is 44.5 Å². The van der Waals surface area contributed by atoms with E-state index in [0.717, 1.165) is 96.7 Å². The molecule has 0 saturated heterocycles. The molecular weight excluding hydrogens is 726 g/mol. The van der Waals surface area contributed by atoms with Gasteiger partial charge in [-0.1, -0.05) is 131 Å². The van der Waals surface area contributed by atoms with Gasteiger partial charge in [-0.2, -0.15) is 0 Å². The lowest BCUT2D eigenvalue weighted by molar-refractivity contribution is -0.0584. The molecule has 0 aromatic heterocycles. The lowest BCUT2D eigenvalue weighted by Crippen LogP contribution is -2.51. The van der Waals surface area contributed by atoms with Crippen LogP contribution >= 0.6 is 8.53 Å². The minimum atomic E-state index is -1.36. The lowest BCUT2D eigenvalue weighted by Gasteiger charge is -2.58. The lowest BCUT2D eigenvalue weighted by atomic mass is 9.47. The molecule has 0 aromatic rings. The molecular formula is C54H92NO2P. The SMILES string of the molecule is CC(C)CCC[C@@H](C)[C@H]1CC[C@H]2[C@@H]3CC=C4C[C@@H](OP(N)O[C@H]5CC[C@@]6(C)C(=CC[C@H]7[C@@H]8CC[C@H]([C@H](C)CCCC(C)C)[C@@]8(C)CC[C@@H]76)C5)CC[C@]4(C)[C@H]3CC[C@]12C. The molecule has 0 unspecified atom stereocenters. The zero-order valence-corrected chi connectivity index (χ0v) is 40.5. The molecule has 8 aliphatic rings. The molecule has 0 heterocycles. The Morgan fingerprint density at radius 2 is 0.966 bits per heavy atom. The Morgan fingerprint density at radius 1 is 0.552 bits per heavy atom.